The van der Waals surface area contributed by atoms with Crippen LogP contribution in [0.3, 0.4) is 0 Å². The molecule has 3 unspecified atom stereocenters. The molecule has 0 aliphatic rings. The summed E-state index contributed by atoms with van der Waals surface area (Å²) in [7, 11) is 1.16. The summed E-state index contributed by atoms with van der Waals surface area (Å²) >= 11 is 0. The topological polar surface area (TPSA) is 114 Å². The van der Waals surface area contributed by atoms with Gasteiger partial charge in [-0.3, -0.25) is 14.2 Å². The predicted molar refractivity (Wildman–Crippen MR) is 316 cm³/mol. The maximum atomic E-state index is 13.5. The van der Waals surface area contributed by atoms with Crippen molar-refractivity contribution in [3.63, 3.8) is 0 Å². The number of hydrogen-bond donors (Lipinski definition) is 1. The Hall–Kier alpha value is -2.55. The van der Waals surface area contributed by atoms with Crippen LogP contribution in [0, 0.1) is 0 Å². The van der Waals surface area contributed by atoms with E-state index in [2.05, 4.69) is 86.8 Å². The summed E-state index contributed by atoms with van der Waals surface area (Å²) < 4.78 is 30.3. The minimum Gasteiger partial charge on any atom is -0.756 e. The first-order valence-corrected chi connectivity index (χ1v) is 32.2. The first-order valence-electron chi connectivity index (χ1n) is 30.7. The van der Waals surface area contributed by atoms with Crippen molar-refractivity contribution in [3.05, 3.63) is 72.9 Å². The molecule has 430 valence electrons. The van der Waals surface area contributed by atoms with Crippen molar-refractivity contribution in [3.8, 4) is 0 Å². The molecular weight excluding hydrogens is 940 g/mol. The lowest BCUT2D eigenvalue weighted by molar-refractivity contribution is -0.870. The van der Waals surface area contributed by atoms with E-state index in [1.807, 2.05) is 33.3 Å². The monoisotopic (exact) mass is 1060 g/mol. The fourth-order valence-corrected chi connectivity index (χ4v) is 9.28. The van der Waals surface area contributed by atoms with Gasteiger partial charge in [0.1, 0.15) is 19.3 Å². The number of rotatable bonds is 55. The second kappa shape index (κ2) is 53.8. The van der Waals surface area contributed by atoms with Crippen LogP contribution in [0.5, 0.6) is 0 Å². The molecule has 0 aromatic carbocycles. The number of nitrogens with one attached hydrogen (secondary N) is 1. The van der Waals surface area contributed by atoms with E-state index < -0.39 is 26.6 Å². The number of quaternary nitrogens is 1. The zero-order valence-corrected chi connectivity index (χ0v) is 49.9. The van der Waals surface area contributed by atoms with Gasteiger partial charge < -0.3 is 28.5 Å². The van der Waals surface area contributed by atoms with E-state index in [1.54, 1.807) is 0 Å². The van der Waals surface area contributed by atoms with Gasteiger partial charge in [-0.25, -0.2) is 0 Å². The van der Waals surface area contributed by atoms with Crippen LogP contribution in [-0.4, -0.2) is 69.4 Å². The molecule has 0 heterocycles. The molecular formula is C64H117N2O7P. The first kappa shape index (κ1) is 71.5. The van der Waals surface area contributed by atoms with Crippen molar-refractivity contribution in [2.24, 2.45) is 0 Å². The van der Waals surface area contributed by atoms with Crippen molar-refractivity contribution in [2.75, 3.05) is 40.9 Å². The van der Waals surface area contributed by atoms with E-state index in [1.165, 1.54) is 135 Å². The predicted octanol–water partition coefficient (Wildman–Crippen LogP) is 18.2. The number of esters is 1. The van der Waals surface area contributed by atoms with Gasteiger partial charge in [-0.1, -0.05) is 229 Å². The molecule has 0 fully saturated rings. The molecule has 0 rings (SSSR count). The van der Waals surface area contributed by atoms with Gasteiger partial charge in [0.05, 0.1) is 33.8 Å². The highest BCUT2D eigenvalue weighted by atomic mass is 31.2. The van der Waals surface area contributed by atoms with Gasteiger partial charge in [0, 0.05) is 12.8 Å². The Kier molecular flexibility index (Phi) is 52.0. The van der Waals surface area contributed by atoms with Crippen molar-refractivity contribution in [2.45, 2.75) is 283 Å². The summed E-state index contributed by atoms with van der Waals surface area (Å²) in [6, 6.07) is -0.902. The Bertz CT molecular complexity index is 1500. The summed E-state index contributed by atoms with van der Waals surface area (Å²) in [6.45, 7) is 6.79. The lowest BCUT2D eigenvalue weighted by Gasteiger charge is -2.30. The van der Waals surface area contributed by atoms with Gasteiger partial charge in [-0.05, 0) is 102 Å². The largest absolute Gasteiger partial charge is 0.756 e. The lowest BCUT2D eigenvalue weighted by atomic mass is 10.0. The van der Waals surface area contributed by atoms with E-state index in [4.69, 9.17) is 13.8 Å². The third-order valence-electron chi connectivity index (χ3n) is 13.4. The molecule has 0 spiro atoms. The minimum atomic E-state index is -4.70. The normalized spacial score (nSPS) is 14.2. The molecule has 0 aromatic heterocycles. The highest BCUT2D eigenvalue weighted by Gasteiger charge is 2.27. The Morgan fingerprint density at radius 2 is 0.824 bits per heavy atom. The zero-order valence-electron chi connectivity index (χ0n) is 49.0. The van der Waals surface area contributed by atoms with Gasteiger partial charge in [-0.2, -0.15) is 0 Å². The van der Waals surface area contributed by atoms with Gasteiger partial charge in [0.25, 0.3) is 7.82 Å². The molecule has 0 bridgehead atoms. The van der Waals surface area contributed by atoms with Crippen LogP contribution in [0.1, 0.15) is 271 Å². The fourth-order valence-electron chi connectivity index (χ4n) is 8.56. The van der Waals surface area contributed by atoms with Crippen molar-refractivity contribution < 1.29 is 37.3 Å². The van der Waals surface area contributed by atoms with E-state index in [0.29, 0.717) is 30.3 Å². The van der Waals surface area contributed by atoms with E-state index in [9.17, 15) is 19.0 Å². The number of likely N-dealkylation sites (N-methyl/N-ethyl adjacent to an activating group) is 1. The number of allylic oxidation sites excluding steroid dienone is 11. The quantitative estimate of drug-likeness (QED) is 0.0212. The number of nitrogens with zero attached hydrogens (tertiary/aromatic N) is 1. The summed E-state index contributed by atoms with van der Waals surface area (Å²) in [5, 5.41) is 3.01. The van der Waals surface area contributed by atoms with Crippen LogP contribution in [0.25, 0.3) is 0 Å². The zero-order chi connectivity index (χ0) is 54.3. The summed E-state index contributed by atoms with van der Waals surface area (Å²) in [6.07, 6.45) is 68.7. The SMILES string of the molecule is CCCCC/C=C\C/C=C\C/C=C\C/C=C\CCCCCCCCCC(=O)OC(/C=C\CCCCCCCCCCCC)C(COP(=O)([O-])OCC[N+](C)(C)C)NC(=O)CCCCC/C=C\CCCCCCCC. The molecule has 1 amide bonds. The molecule has 0 saturated carbocycles. The number of ether oxygens (including phenoxy) is 1. The Morgan fingerprint density at radius 3 is 1.28 bits per heavy atom. The van der Waals surface area contributed by atoms with Crippen LogP contribution in [0.2, 0.25) is 0 Å². The van der Waals surface area contributed by atoms with E-state index in [0.717, 1.165) is 89.9 Å². The average Bonchev–Trinajstić information content (AvgIpc) is 3.36. The number of carbonyl (C=O) groups is 2. The fraction of sp³-hybridized carbons (Fsp3) is 0.781. The van der Waals surface area contributed by atoms with Gasteiger partial charge in [0.15, 0.2) is 0 Å². The molecule has 0 radical (unpaired) electrons. The Labute approximate surface area is 457 Å². The highest BCUT2D eigenvalue weighted by Crippen LogP contribution is 2.38. The molecule has 9 nitrogen and oxygen atoms in total. The third kappa shape index (κ3) is 54.2. The number of amides is 1. The Morgan fingerprint density at radius 1 is 0.473 bits per heavy atom. The second-order valence-electron chi connectivity index (χ2n) is 21.8. The van der Waals surface area contributed by atoms with Crippen molar-refractivity contribution >= 4 is 19.7 Å². The molecule has 0 aromatic rings. The van der Waals surface area contributed by atoms with Gasteiger partial charge in [-0.15, -0.1) is 0 Å². The smallest absolute Gasteiger partial charge is 0.306 e. The minimum absolute atomic E-state index is 0.0289. The van der Waals surface area contributed by atoms with Gasteiger partial charge >= 0.3 is 5.97 Å². The van der Waals surface area contributed by atoms with E-state index >= 15 is 0 Å². The average molecular weight is 1060 g/mol. The standard InChI is InChI=1S/C64H117N2O7P/c1-7-10-13-16-19-22-25-28-29-30-31-32-33-34-35-36-37-39-42-45-48-51-54-57-64(68)73-62(55-52-49-46-43-40-27-24-21-18-15-12-9-3)61(60-72-74(69,70)71-59-58-66(4,5)6)65-63(67)56-53-50-47-44-41-38-26-23-20-17-14-11-8-2/h19,22,28-29,31-32,34-35,38,41,52,55,61-62H,7-18,20-21,23-27,30,33,36-37,39-40,42-51,53-54,56-60H2,1-6H3,(H-,65,67,69,70)/b22-19-,29-28-,32-31-,35-34-,41-38-,55-52-. The second-order valence-corrected chi connectivity index (χ2v) is 23.3. The molecule has 10 heteroatoms. The highest BCUT2D eigenvalue weighted by molar-refractivity contribution is 7.45. The van der Waals surface area contributed by atoms with Crippen molar-refractivity contribution in [1.29, 1.82) is 0 Å². The summed E-state index contributed by atoms with van der Waals surface area (Å²) in [5.41, 5.74) is 0. The third-order valence-corrected chi connectivity index (χ3v) is 14.3. The van der Waals surface area contributed by atoms with Crippen molar-refractivity contribution in [1.82, 2.24) is 5.32 Å². The lowest BCUT2D eigenvalue weighted by Crippen LogP contribution is -2.47. The number of phosphoric ester groups is 1. The number of phosphoric acid groups is 1. The molecule has 0 aliphatic carbocycles. The maximum absolute atomic E-state index is 13.5. The Balaban J connectivity index is 5.24. The number of unbranched alkanes of at least 4 members (excludes halogenated alkanes) is 29. The van der Waals surface area contributed by atoms with Crippen LogP contribution >= 0.6 is 7.82 Å². The van der Waals surface area contributed by atoms with E-state index in [-0.39, 0.29) is 24.9 Å². The summed E-state index contributed by atoms with van der Waals surface area (Å²) in [4.78, 5) is 39.9. The molecule has 0 aliphatic heterocycles. The van der Waals surface area contributed by atoms with Crippen LogP contribution in [0.15, 0.2) is 72.9 Å². The van der Waals surface area contributed by atoms with Gasteiger partial charge in [0.2, 0.25) is 5.91 Å². The van der Waals surface area contributed by atoms with Crippen LogP contribution < -0.4 is 10.2 Å². The number of carbonyl (C=O) groups excluding carboxylic acids is 2. The van der Waals surface area contributed by atoms with Crippen LogP contribution in [-0.2, 0) is 27.9 Å². The molecule has 74 heavy (non-hydrogen) atoms. The first-order chi connectivity index (χ1) is 35.9. The number of hydrogen-bond acceptors (Lipinski definition) is 7. The van der Waals surface area contributed by atoms with Crippen LogP contribution in [0.4, 0.5) is 0 Å². The molecule has 0 saturated heterocycles. The molecule has 3 atom stereocenters. The maximum Gasteiger partial charge on any atom is 0.306 e. The summed E-state index contributed by atoms with van der Waals surface area (Å²) in [5.74, 6) is -0.571. The molecule has 1 N–H and O–H groups in total.